The first-order valence-electron chi connectivity index (χ1n) is 4.74. The molecule has 92 valence electrons. The first kappa shape index (κ1) is 13.1. The molecule has 0 unspecified atom stereocenters. The number of rotatable bonds is 3. The molecule has 2 aromatic rings. The van der Waals surface area contributed by atoms with E-state index in [1.807, 2.05) is 0 Å². The molecule has 0 amide bonds. The van der Waals surface area contributed by atoms with Crippen molar-refractivity contribution >= 4 is 40.9 Å². The molecule has 18 heavy (non-hydrogen) atoms. The van der Waals surface area contributed by atoms with Gasteiger partial charge in [-0.2, -0.15) is 0 Å². The molecule has 4 nitrogen and oxygen atoms in total. The Kier molecular flexibility index (Phi) is 4.06. The molecule has 1 N–H and O–H groups in total. The van der Waals surface area contributed by atoms with E-state index in [9.17, 15) is 4.79 Å². The summed E-state index contributed by atoms with van der Waals surface area (Å²) >= 11 is 13.0. The first-order valence-corrected chi connectivity index (χ1v) is 6.31. The van der Waals surface area contributed by atoms with Crippen molar-refractivity contribution in [2.75, 3.05) is 0 Å². The predicted molar refractivity (Wildman–Crippen MR) is 69.6 cm³/mol. The maximum atomic E-state index is 10.9. The highest BCUT2D eigenvalue weighted by atomic mass is 35.5. The number of halogens is 2. The molecule has 1 aromatic carbocycles. The number of benzene rings is 1. The van der Waals surface area contributed by atoms with Gasteiger partial charge in [-0.3, -0.25) is 0 Å². The summed E-state index contributed by atoms with van der Waals surface area (Å²) in [7, 11) is 0. The highest BCUT2D eigenvalue weighted by Gasteiger charge is 2.11. The van der Waals surface area contributed by atoms with Crippen molar-refractivity contribution in [2.45, 2.75) is 9.92 Å². The Labute approximate surface area is 117 Å². The average molecular weight is 301 g/mol. The Balaban J connectivity index is 2.33. The van der Waals surface area contributed by atoms with E-state index < -0.39 is 5.97 Å². The molecule has 0 radical (unpaired) electrons. The predicted octanol–water partition coefficient (Wildman–Crippen LogP) is 3.63. The second-order valence-corrected chi connectivity index (χ2v) is 5.10. The van der Waals surface area contributed by atoms with Crippen molar-refractivity contribution < 1.29 is 9.90 Å². The van der Waals surface area contributed by atoms with E-state index in [1.54, 1.807) is 6.07 Å². The lowest BCUT2D eigenvalue weighted by Crippen LogP contribution is -1.97. The van der Waals surface area contributed by atoms with Crippen LogP contribution in [0, 0.1) is 0 Å². The molecule has 0 saturated heterocycles. The number of aromatic nitrogens is 2. The van der Waals surface area contributed by atoms with Crippen molar-refractivity contribution in [3.05, 3.63) is 46.3 Å². The minimum absolute atomic E-state index is 0.0480. The normalized spacial score (nSPS) is 10.3. The lowest BCUT2D eigenvalue weighted by Gasteiger charge is -2.04. The van der Waals surface area contributed by atoms with Gasteiger partial charge in [-0.1, -0.05) is 35.0 Å². The molecule has 0 aliphatic heterocycles. The van der Waals surface area contributed by atoms with Crippen LogP contribution in [-0.2, 0) is 0 Å². The summed E-state index contributed by atoms with van der Waals surface area (Å²) in [6.45, 7) is 0. The van der Waals surface area contributed by atoms with Gasteiger partial charge in [-0.05, 0) is 18.2 Å². The van der Waals surface area contributed by atoms with E-state index in [0.717, 1.165) is 0 Å². The minimum atomic E-state index is -1.07. The second-order valence-electron chi connectivity index (χ2n) is 3.22. The van der Waals surface area contributed by atoms with Gasteiger partial charge < -0.3 is 5.11 Å². The van der Waals surface area contributed by atoms with Crippen molar-refractivity contribution in [3.63, 3.8) is 0 Å². The third kappa shape index (κ3) is 2.93. The van der Waals surface area contributed by atoms with Crippen molar-refractivity contribution in [1.82, 2.24) is 9.97 Å². The van der Waals surface area contributed by atoms with Gasteiger partial charge in [0.2, 0.25) is 0 Å². The summed E-state index contributed by atoms with van der Waals surface area (Å²) in [6, 6.07) is 4.72. The molecular formula is C11H6Cl2N2O2S. The van der Waals surface area contributed by atoms with Gasteiger partial charge in [0.05, 0.1) is 21.8 Å². The molecule has 0 spiro atoms. The van der Waals surface area contributed by atoms with E-state index in [2.05, 4.69) is 9.97 Å². The van der Waals surface area contributed by atoms with Crippen LogP contribution < -0.4 is 0 Å². The number of hydrogen-bond donors (Lipinski definition) is 1. The van der Waals surface area contributed by atoms with Crippen LogP contribution in [0.3, 0.4) is 0 Å². The molecule has 0 aliphatic carbocycles. The molecule has 0 atom stereocenters. The van der Waals surface area contributed by atoms with E-state index in [4.69, 9.17) is 28.3 Å². The highest BCUT2D eigenvalue weighted by Crippen LogP contribution is 2.32. The Morgan fingerprint density at radius 2 is 2.06 bits per heavy atom. The molecule has 0 fully saturated rings. The fraction of sp³-hybridized carbons (Fsp3) is 0. The smallest absolute Gasteiger partial charge is 0.337 e. The summed E-state index contributed by atoms with van der Waals surface area (Å²) < 4.78 is 0. The number of aromatic carboxylic acids is 1. The lowest BCUT2D eigenvalue weighted by molar-refractivity contribution is 0.0697. The maximum absolute atomic E-state index is 10.9. The third-order valence-corrected chi connectivity index (χ3v) is 3.74. The van der Waals surface area contributed by atoms with Gasteiger partial charge in [0.1, 0.15) is 11.4 Å². The summed E-state index contributed by atoms with van der Waals surface area (Å²) in [5.41, 5.74) is 0.0480. The molecular weight excluding hydrogens is 295 g/mol. The summed E-state index contributed by atoms with van der Waals surface area (Å²) in [5.74, 6) is -1.07. The topological polar surface area (TPSA) is 63.1 Å². The number of carboxylic acids is 1. The fourth-order valence-corrected chi connectivity index (χ4v) is 2.43. The van der Waals surface area contributed by atoms with Crippen LogP contribution >= 0.6 is 35.0 Å². The summed E-state index contributed by atoms with van der Waals surface area (Å²) in [6.07, 6.45) is 2.85. The number of carboxylic acid groups (broad SMARTS) is 1. The van der Waals surface area contributed by atoms with E-state index in [1.165, 1.54) is 36.4 Å². The minimum Gasteiger partial charge on any atom is -0.478 e. The summed E-state index contributed by atoms with van der Waals surface area (Å²) in [4.78, 5) is 19.4. The molecule has 1 heterocycles. The monoisotopic (exact) mass is 300 g/mol. The van der Waals surface area contributed by atoms with Gasteiger partial charge in [-0.15, -0.1) is 0 Å². The van der Waals surface area contributed by atoms with Gasteiger partial charge >= 0.3 is 5.97 Å². The molecule has 0 bridgehead atoms. The van der Waals surface area contributed by atoms with E-state index >= 15 is 0 Å². The summed E-state index contributed by atoms with van der Waals surface area (Å²) in [5, 5.41) is 10.1. The highest BCUT2D eigenvalue weighted by molar-refractivity contribution is 7.99. The van der Waals surface area contributed by atoms with Crippen LogP contribution in [0.2, 0.25) is 10.0 Å². The Bertz CT molecular complexity index is 607. The number of carbonyl (C=O) groups is 1. The molecule has 0 saturated carbocycles. The lowest BCUT2D eigenvalue weighted by atomic mass is 10.2. The maximum Gasteiger partial charge on any atom is 0.337 e. The standard InChI is InChI=1S/C11H6Cl2N2O2S/c12-8-2-1-6(3-7(8)11(16)17)18-10-9(13)4-14-5-15-10/h1-5H,(H,16,17). The Morgan fingerprint density at radius 1 is 1.28 bits per heavy atom. The van der Waals surface area contributed by atoms with Crippen LogP contribution in [-0.4, -0.2) is 21.0 Å². The fourth-order valence-electron chi connectivity index (χ4n) is 1.22. The quantitative estimate of drug-likeness (QED) is 0.877. The average Bonchev–Trinajstić information content (AvgIpc) is 2.34. The molecule has 0 aliphatic rings. The van der Waals surface area contributed by atoms with Gasteiger partial charge in [0, 0.05) is 4.90 Å². The molecule has 1 aromatic heterocycles. The van der Waals surface area contributed by atoms with Gasteiger partial charge in [0.15, 0.2) is 0 Å². The van der Waals surface area contributed by atoms with Gasteiger partial charge in [-0.25, -0.2) is 14.8 Å². The van der Waals surface area contributed by atoms with Crippen LogP contribution in [0.15, 0.2) is 40.6 Å². The molecule has 2 rings (SSSR count). The SMILES string of the molecule is O=C(O)c1cc(Sc2ncncc2Cl)ccc1Cl. The number of nitrogens with zero attached hydrogens (tertiary/aromatic N) is 2. The van der Waals surface area contributed by atoms with Crippen molar-refractivity contribution in [2.24, 2.45) is 0 Å². The van der Waals surface area contributed by atoms with Crippen molar-refractivity contribution in [1.29, 1.82) is 0 Å². The Morgan fingerprint density at radius 3 is 2.72 bits per heavy atom. The number of hydrogen-bond acceptors (Lipinski definition) is 4. The van der Waals surface area contributed by atoms with E-state index in [0.29, 0.717) is 14.9 Å². The largest absolute Gasteiger partial charge is 0.478 e. The van der Waals surface area contributed by atoms with Crippen molar-refractivity contribution in [3.8, 4) is 0 Å². The van der Waals surface area contributed by atoms with Crippen LogP contribution in [0.4, 0.5) is 0 Å². The second kappa shape index (κ2) is 5.56. The van der Waals surface area contributed by atoms with Crippen LogP contribution in [0.5, 0.6) is 0 Å². The third-order valence-electron chi connectivity index (χ3n) is 2.02. The first-order chi connectivity index (χ1) is 8.58. The zero-order valence-electron chi connectivity index (χ0n) is 8.80. The zero-order chi connectivity index (χ0) is 13.1. The van der Waals surface area contributed by atoms with E-state index in [-0.39, 0.29) is 10.6 Å². The Hall–Kier alpha value is -1.30. The van der Waals surface area contributed by atoms with Crippen LogP contribution in [0.1, 0.15) is 10.4 Å². The molecule has 7 heteroatoms. The van der Waals surface area contributed by atoms with Gasteiger partial charge in [0.25, 0.3) is 0 Å². The van der Waals surface area contributed by atoms with Crippen LogP contribution in [0.25, 0.3) is 0 Å². The zero-order valence-corrected chi connectivity index (χ0v) is 11.1.